The van der Waals surface area contributed by atoms with Crippen LogP contribution in [-0.2, 0) is 6.54 Å². The van der Waals surface area contributed by atoms with Crippen molar-refractivity contribution in [2.75, 3.05) is 13.9 Å². The van der Waals surface area contributed by atoms with Gasteiger partial charge in [0.25, 0.3) is 5.56 Å². The Bertz CT molecular complexity index is 1260. The molecule has 5 rings (SSSR count). The number of fused-ring (bicyclic) bond motifs is 1. The number of rotatable bonds is 5. The third-order valence-electron chi connectivity index (χ3n) is 4.64. The molecule has 150 valence electrons. The van der Waals surface area contributed by atoms with Gasteiger partial charge in [-0.25, -0.2) is 4.68 Å². The van der Waals surface area contributed by atoms with Gasteiger partial charge in [0.05, 0.1) is 12.8 Å². The van der Waals surface area contributed by atoms with Crippen LogP contribution in [0.15, 0.2) is 63.9 Å². The zero-order valence-corrected chi connectivity index (χ0v) is 15.9. The Hall–Kier alpha value is -4.14. The molecule has 2 aromatic carbocycles. The first-order valence-electron chi connectivity index (χ1n) is 9.15. The number of nitrogens with zero attached hydrogens (tertiary/aromatic N) is 4. The van der Waals surface area contributed by atoms with Crippen LogP contribution in [0.25, 0.3) is 22.6 Å². The maximum atomic E-state index is 12.3. The number of benzene rings is 2. The normalized spacial score (nSPS) is 12.2. The molecule has 0 unspecified atom stereocenters. The van der Waals surface area contributed by atoms with E-state index in [4.69, 9.17) is 18.7 Å². The lowest BCUT2D eigenvalue weighted by Gasteiger charge is -2.06. The topological polar surface area (TPSA) is 102 Å². The van der Waals surface area contributed by atoms with E-state index in [2.05, 4.69) is 15.2 Å². The van der Waals surface area contributed by atoms with Gasteiger partial charge in [0.1, 0.15) is 12.3 Å². The first-order chi connectivity index (χ1) is 14.7. The Kier molecular flexibility index (Phi) is 4.40. The molecule has 9 nitrogen and oxygen atoms in total. The van der Waals surface area contributed by atoms with Crippen molar-refractivity contribution in [1.29, 1.82) is 0 Å². The van der Waals surface area contributed by atoms with E-state index in [9.17, 15) is 4.79 Å². The van der Waals surface area contributed by atoms with Crippen LogP contribution in [-0.4, -0.2) is 33.8 Å². The smallest absolute Gasteiger partial charge is 0.267 e. The molecule has 0 fully saturated rings. The predicted octanol–water partition coefficient (Wildman–Crippen LogP) is 2.75. The number of hydrogen-bond acceptors (Lipinski definition) is 8. The molecule has 9 heteroatoms. The average Bonchev–Trinajstić information content (AvgIpc) is 3.44. The number of aromatic nitrogens is 4. The summed E-state index contributed by atoms with van der Waals surface area (Å²) in [7, 11) is 1.60. The molecule has 0 atom stereocenters. The van der Waals surface area contributed by atoms with Gasteiger partial charge in [-0.1, -0.05) is 5.16 Å². The van der Waals surface area contributed by atoms with Crippen molar-refractivity contribution >= 4 is 0 Å². The molecule has 4 aromatic rings. The number of methoxy groups -OCH3 is 1. The van der Waals surface area contributed by atoms with Crippen molar-refractivity contribution in [3.05, 3.63) is 70.8 Å². The quantitative estimate of drug-likeness (QED) is 0.500. The standard InChI is InChI=1S/C21H16N4O5/c1-27-15-5-2-13(3-6-15)21-22-19(30-24-21)11-25-20(26)9-7-16(23-25)14-4-8-17-18(10-14)29-12-28-17/h2-10H,11-12H2,1H3. The van der Waals surface area contributed by atoms with E-state index in [1.165, 1.54) is 10.7 Å². The summed E-state index contributed by atoms with van der Waals surface area (Å²) in [5, 5.41) is 8.42. The summed E-state index contributed by atoms with van der Waals surface area (Å²) in [5.41, 5.74) is 1.92. The van der Waals surface area contributed by atoms with E-state index >= 15 is 0 Å². The van der Waals surface area contributed by atoms with Crippen LogP contribution in [0, 0.1) is 0 Å². The van der Waals surface area contributed by atoms with Gasteiger partial charge in [0.2, 0.25) is 18.5 Å². The molecule has 1 aliphatic rings. The lowest BCUT2D eigenvalue weighted by atomic mass is 10.1. The van der Waals surface area contributed by atoms with Crippen molar-refractivity contribution in [2.45, 2.75) is 6.54 Å². The first-order valence-corrected chi connectivity index (χ1v) is 9.15. The van der Waals surface area contributed by atoms with Crippen LogP contribution in [0.5, 0.6) is 17.2 Å². The summed E-state index contributed by atoms with van der Waals surface area (Å²) in [6.07, 6.45) is 0. The molecule has 30 heavy (non-hydrogen) atoms. The van der Waals surface area contributed by atoms with Crippen LogP contribution in [0.2, 0.25) is 0 Å². The predicted molar refractivity (Wildman–Crippen MR) is 105 cm³/mol. The SMILES string of the molecule is COc1ccc(-c2noc(Cn3nc(-c4ccc5c(c4)OCO5)ccc3=O)n2)cc1. The maximum Gasteiger partial charge on any atom is 0.267 e. The Balaban J connectivity index is 1.40. The van der Waals surface area contributed by atoms with E-state index < -0.39 is 0 Å². The van der Waals surface area contributed by atoms with Crippen molar-refractivity contribution in [2.24, 2.45) is 0 Å². The highest BCUT2D eigenvalue weighted by atomic mass is 16.7. The monoisotopic (exact) mass is 404 g/mol. The molecule has 0 saturated heterocycles. The van der Waals surface area contributed by atoms with Gasteiger partial charge in [-0.15, -0.1) is 0 Å². The van der Waals surface area contributed by atoms with Crippen molar-refractivity contribution < 1.29 is 18.7 Å². The zero-order chi connectivity index (χ0) is 20.5. The fourth-order valence-electron chi connectivity index (χ4n) is 3.08. The summed E-state index contributed by atoms with van der Waals surface area (Å²) < 4.78 is 22.5. The lowest BCUT2D eigenvalue weighted by Crippen LogP contribution is -2.23. The van der Waals surface area contributed by atoms with Crippen molar-refractivity contribution in [1.82, 2.24) is 19.9 Å². The highest BCUT2D eigenvalue weighted by Crippen LogP contribution is 2.35. The molecule has 0 saturated carbocycles. The summed E-state index contributed by atoms with van der Waals surface area (Å²) >= 11 is 0. The highest BCUT2D eigenvalue weighted by Gasteiger charge is 2.16. The van der Waals surface area contributed by atoms with Crippen LogP contribution in [0.1, 0.15) is 5.89 Å². The Labute approximate surface area is 170 Å². The van der Waals surface area contributed by atoms with Gasteiger partial charge in [0.15, 0.2) is 11.5 Å². The molecule has 0 N–H and O–H groups in total. The summed E-state index contributed by atoms with van der Waals surface area (Å²) in [6, 6.07) is 15.9. The molecule has 0 bridgehead atoms. The third-order valence-corrected chi connectivity index (χ3v) is 4.64. The lowest BCUT2D eigenvalue weighted by molar-refractivity contribution is 0.174. The second kappa shape index (κ2) is 7.36. The van der Waals surface area contributed by atoms with E-state index in [1.54, 1.807) is 13.2 Å². The van der Waals surface area contributed by atoms with Crippen molar-refractivity contribution in [3.63, 3.8) is 0 Å². The van der Waals surface area contributed by atoms with Gasteiger partial charge in [-0.3, -0.25) is 4.79 Å². The van der Waals surface area contributed by atoms with Crippen LogP contribution < -0.4 is 19.8 Å². The van der Waals surface area contributed by atoms with Gasteiger partial charge in [-0.05, 0) is 48.5 Å². The van der Waals surface area contributed by atoms with Crippen LogP contribution >= 0.6 is 0 Å². The number of ether oxygens (including phenoxy) is 3. The minimum Gasteiger partial charge on any atom is -0.497 e. The average molecular weight is 404 g/mol. The summed E-state index contributed by atoms with van der Waals surface area (Å²) in [4.78, 5) is 16.7. The van der Waals surface area contributed by atoms with Gasteiger partial charge >= 0.3 is 0 Å². The van der Waals surface area contributed by atoms with Gasteiger partial charge < -0.3 is 18.7 Å². The minimum absolute atomic E-state index is 0.0559. The molecule has 0 amide bonds. The Morgan fingerprint density at radius 1 is 1.00 bits per heavy atom. The van der Waals surface area contributed by atoms with Gasteiger partial charge in [-0.2, -0.15) is 10.1 Å². The van der Waals surface area contributed by atoms with E-state index in [0.717, 1.165) is 16.9 Å². The van der Waals surface area contributed by atoms with E-state index in [1.807, 2.05) is 42.5 Å². The zero-order valence-electron chi connectivity index (χ0n) is 15.9. The molecule has 3 heterocycles. The maximum absolute atomic E-state index is 12.3. The molecular weight excluding hydrogens is 388 g/mol. The highest BCUT2D eigenvalue weighted by molar-refractivity contribution is 5.64. The Morgan fingerprint density at radius 3 is 2.63 bits per heavy atom. The molecule has 2 aromatic heterocycles. The van der Waals surface area contributed by atoms with Crippen LogP contribution in [0.4, 0.5) is 0 Å². The number of hydrogen-bond donors (Lipinski definition) is 0. The summed E-state index contributed by atoms with van der Waals surface area (Å²) in [5.74, 6) is 2.77. The third kappa shape index (κ3) is 3.37. The second-order valence-electron chi connectivity index (χ2n) is 6.52. The molecule has 0 aliphatic carbocycles. The van der Waals surface area contributed by atoms with E-state index in [0.29, 0.717) is 23.0 Å². The molecule has 1 aliphatic heterocycles. The fraction of sp³-hybridized carbons (Fsp3) is 0.143. The Morgan fingerprint density at radius 2 is 1.80 bits per heavy atom. The minimum atomic E-state index is -0.274. The second-order valence-corrected chi connectivity index (χ2v) is 6.52. The van der Waals surface area contributed by atoms with Crippen LogP contribution in [0.3, 0.4) is 0 Å². The molecular formula is C21H16N4O5. The van der Waals surface area contributed by atoms with Gasteiger partial charge in [0, 0.05) is 17.2 Å². The van der Waals surface area contributed by atoms with E-state index in [-0.39, 0.29) is 24.8 Å². The fourth-order valence-corrected chi connectivity index (χ4v) is 3.08. The van der Waals surface area contributed by atoms with Crippen molar-refractivity contribution in [3.8, 4) is 39.9 Å². The molecule has 0 spiro atoms. The summed E-state index contributed by atoms with van der Waals surface area (Å²) in [6.45, 7) is 0.250. The molecule has 0 radical (unpaired) electrons. The largest absolute Gasteiger partial charge is 0.497 e. The first kappa shape index (κ1) is 17.9.